The molecule has 0 fully saturated rings. The van der Waals surface area contributed by atoms with E-state index < -0.39 is 0 Å². The summed E-state index contributed by atoms with van der Waals surface area (Å²) in [5.41, 5.74) is 6.93. The summed E-state index contributed by atoms with van der Waals surface area (Å²) in [6, 6.07) is 7.75. The third-order valence-corrected chi connectivity index (χ3v) is 2.75. The van der Waals surface area contributed by atoms with E-state index in [1.54, 1.807) is 11.0 Å². The van der Waals surface area contributed by atoms with Gasteiger partial charge in [-0.1, -0.05) is 23.7 Å². The molecule has 84 valence electrons. The molecule has 4 nitrogen and oxygen atoms in total. The highest BCUT2D eigenvalue weighted by atomic mass is 35.5. The van der Waals surface area contributed by atoms with Crippen LogP contribution in [0.4, 0.5) is 0 Å². The number of hydrogen-bond donors (Lipinski definition) is 1. The molecular weight excluding hydrogens is 224 g/mol. The van der Waals surface area contributed by atoms with Gasteiger partial charge in [0.05, 0.1) is 6.54 Å². The highest BCUT2D eigenvalue weighted by Crippen LogP contribution is 2.18. The maximum Gasteiger partial charge on any atom is 0.137 e. The van der Waals surface area contributed by atoms with Gasteiger partial charge in [0.2, 0.25) is 0 Å². The van der Waals surface area contributed by atoms with Crippen LogP contribution in [0.1, 0.15) is 11.5 Å². The minimum absolute atomic E-state index is 0.235. The van der Waals surface area contributed by atoms with Crippen molar-refractivity contribution in [3.8, 4) is 0 Å². The van der Waals surface area contributed by atoms with Crippen molar-refractivity contribution in [2.75, 3.05) is 6.54 Å². The lowest BCUT2D eigenvalue weighted by molar-refractivity contribution is 0.520. The molecule has 1 aromatic carbocycles. The van der Waals surface area contributed by atoms with Gasteiger partial charge in [-0.3, -0.25) is 4.68 Å². The molecule has 0 saturated carbocycles. The second-order valence-electron chi connectivity index (χ2n) is 3.60. The van der Waals surface area contributed by atoms with Crippen molar-refractivity contribution in [1.29, 1.82) is 0 Å². The Morgan fingerprint density at radius 1 is 1.31 bits per heavy atom. The first-order chi connectivity index (χ1) is 7.79. The van der Waals surface area contributed by atoms with Crippen LogP contribution in [-0.2, 0) is 6.54 Å². The van der Waals surface area contributed by atoms with E-state index in [1.807, 2.05) is 24.3 Å². The number of nitrogens with two attached hydrogens (primary N) is 1. The van der Waals surface area contributed by atoms with Crippen molar-refractivity contribution < 1.29 is 0 Å². The quantitative estimate of drug-likeness (QED) is 0.879. The van der Waals surface area contributed by atoms with E-state index in [2.05, 4.69) is 10.1 Å². The first-order valence-corrected chi connectivity index (χ1v) is 5.45. The van der Waals surface area contributed by atoms with Crippen LogP contribution in [0.5, 0.6) is 0 Å². The van der Waals surface area contributed by atoms with Gasteiger partial charge in [0.15, 0.2) is 0 Å². The van der Waals surface area contributed by atoms with E-state index in [1.165, 1.54) is 11.9 Å². The number of benzene rings is 1. The molecule has 0 aliphatic carbocycles. The molecular formula is C11H13ClN4. The maximum absolute atomic E-state index is 5.84. The average Bonchev–Trinajstić information content (AvgIpc) is 2.80. The Morgan fingerprint density at radius 3 is 2.62 bits per heavy atom. The van der Waals surface area contributed by atoms with Crippen molar-refractivity contribution in [3.05, 3.63) is 47.5 Å². The van der Waals surface area contributed by atoms with Crippen LogP contribution in [0, 0.1) is 0 Å². The molecule has 1 heterocycles. The van der Waals surface area contributed by atoms with Crippen molar-refractivity contribution in [3.63, 3.8) is 0 Å². The normalized spacial score (nSPS) is 12.6. The summed E-state index contributed by atoms with van der Waals surface area (Å²) in [7, 11) is 0. The fourth-order valence-corrected chi connectivity index (χ4v) is 1.73. The molecule has 1 unspecified atom stereocenters. The minimum Gasteiger partial charge on any atom is -0.330 e. The molecule has 0 bridgehead atoms. The first kappa shape index (κ1) is 11.1. The third-order valence-electron chi connectivity index (χ3n) is 2.50. The zero-order valence-electron chi connectivity index (χ0n) is 8.75. The molecule has 0 spiro atoms. The van der Waals surface area contributed by atoms with E-state index in [0.717, 1.165) is 11.6 Å². The average molecular weight is 237 g/mol. The summed E-state index contributed by atoms with van der Waals surface area (Å²) in [6.45, 7) is 1.31. The molecule has 1 atom stereocenters. The lowest BCUT2D eigenvalue weighted by Gasteiger charge is -2.14. The predicted octanol–water partition coefficient (Wildman–Crippen LogP) is 1.67. The molecule has 2 rings (SSSR count). The molecule has 16 heavy (non-hydrogen) atoms. The fourth-order valence-electron chi connectivity index (χ4n) is 1.60. The molecule has 0 radical (unpaired) electrons. The van der Waals surface area contributed by atoms with E-state index >= 15 is 0 Å². The Morgan fingerprint density at radius 2 is 2.06 bits per heavy atom. The van der Waals surface area contributed by atoms with Gasteiger partial charge in [-0.25, -0.2) is 4.98 Å². The Hall–Kier alpha value is -1.39. The van der Waals surface area contributed by atoms with Crippen LogP contribution >= 0.6 is 11.6 Å². The van der Waals surface area contributed by atoms with E-state index in [9.17, 15) is 0 Å². The van der Waals surface area contributed by atoms with Crippen LogP contribution in [0.15, 0.2) is 36.9 Å². The summed E-state index contributed by atoms with van der Waals surface area (Å²) < 4.78 is 1.78. The highest BCUT2D eigenvalue weighted by molar-refractivity contribution is 6.30. The zero-order valence-corrected chi connectivity index (χ0v) is 9.51. The van der Waals surface area contributed by atoms with Gasteiger partial charge in [-0.2, -0.15) is 5.10 Å². The second kappa shape index (κ2) is 5.09. The molecule has 0 saturated heterocycles. The molecule has 1 aromatic heterocycles. The first-order valence-electron chi connectivity index (χ1n) is 5.07. The molecule has 2 aromatic rings. The van der Waals surface area contributed by atoms with Crippen LogP contribution < -0.4 is 5.73 Å². The predicted molar refractivity (Wildman–Crippen MR) is 63.3 cm³/mol. The molecule has 2 N–H and O–H groups in total. The smallest absolute Gasteiger partial charge is 0.137 e. The van der Waals surface area contributed by atoms with Crippen molar-refractivity contribution in [2.24, 2.45) is 5.73 Å². The summed E-state index contributed by atoms with van der Waals surface area (Å²) in [4.78, 5) is 3.91. The lowest BCUT2D eigenvalue weighted by Crippen LogP contribution is -2.18. The monoisotopic (exact) mass is 236 g/mol. The Bertz CT molecular complexity index is 424. The maximum atomic E-state index is 5.84. The summed E-state index contributed by atoms with van der Waals surface area (Å²) in [6.07, 6.45) is 3.22. The van der Waals surface area contributed by atoms with Crippen LogP contribution in [0.3, 0.4) is 0 Å². The number of rotatable bonds is 4. The number of halogens is 1. The van der Waals surface area contributed by atoms with E-state index in [4.69, 9.17) is 17.3 Å². The van der Waals surface area contributed by atoms with Gasteiger partial charge in [0.25, 0.3) is 0 Å². The van der Waals surface area contributed by atoms with E-state index in [-0.39, 0.29) is 5.92 Å². The van der Waals surface area contributed by atoms with Crippen LogP contribution in [0.25, 0.3) is 0 Å². The van der Waals surface area contributed by atoms with Gasteiger partial charge in [0, 0.05) is 17.5 Å². The zero-order chi connectivity index (χ0) is 11.4. The Balaban J connectivity index is 2.13. The topological polar surface area (TPSA) is 56.7 Å². The second-order valence-corrected chi connectivity index (χ2v) is 4.04. The summed E-state index contributed by atoms with van der Waals surface area (Å²) >= 11 is 5.84. The van der Waals surface area contributed by atoms with Gasteiger partial charge < -0.3 is 5.73 Å². The number of hydrogen-bond acceptors (Lipinski definition) is 3. The van der Waals surface area contributed by atoms with Crippen molar-refractivity contribution >= 4 is 11.6 Å². The van der Waals surface area contributed by atoms with Crippen molar-refractivity contribution in [2.45, 2.75) is 12.5 Å². The summed E-state index contributed by atoms with van der Waals surface area (Å²) in [5.74, 6) is 0.235. The number of nitrogens with zero attached hydrogens (tertiary/aromatic N) is 3. The fraction of sp³-hybridized carbons (Fsp3) is 0.273. The molecule has 5 heteroatoms. The largest absolute Gasteiger partial charge is 0.330 e. The standard InChI is InChI=1S/C11H13ClN4/c12-11-3-1-9(2-4-11)10(5-13)6-16-8-14-7-15-16/h1-4,7-8,10H,5-6,13H2. The number of aromatic nitrogens is 3. The van der Waals surface area contributed by atoms with E-state index in [0.29, 0.717) is 6.54 Å². The molecule has 0 amide bonds. The Labute approximate surface area is 99.1 Å². The van der Waals surface area contributed by atoms with Crippen LogP contribution in [-0.4, -0.2) is 21.3 Å². The molecule has 0 aliphatic heterocycles. The lowest BCUT2D eigenvalue weighted by atomic mass is 9.99. The minimum atomic E-state index is 0.235. The molecule has 0 aliphatic rings. The van der Waals surface area contributed by atoms with Gasteiger partial charge >= 0.3 is 0 Å². The SMILES string of the molecule is NCC(Cn1cncn1)c1ccc(Cl)cc1. The Kier molecular flexibility index (Phi) is 3.54. The highest BCUT2D eigenvalue weighted by Gasteiger charge is 2.10. The van der Waals surface area contributed by atoms with Crippen LogP contribution in [0.2, 0.25) is 5.02 Å². The summed E-state index contributed by atoms with van der Waals surface area (Å²) in [5, 5.41) is 4.81. The third kappa shape index (κ3) is 2.59. The van der Waals surface area contributed by atoms with Gasteiger partial charge in [-0.05, 0) is 17.7 Å². The van der Waals surface area contributed by atoms with Gasteiger partial charge in [-0.15, -0.1) is 0 Å². The van der Waals surface area contributed by atoms with Gasteiger partial charge in [0.1, 0.15) is 12.7 Å². The van der Waals surface area contributed by atoms with Crippen molar-refractivity contribution in [1.82, 2.24) is 14.8 Å².